The summed E-state index contributed by atoms with van der Waals surface area (Å²) in [7, 11) is -3.71. The van der Waals surface area contributed by atoms with Crippen LogP contribution in [0.15, 0.2) is 53.4 Å². The maximum absolute atomic E-state index is 13.2. The van der Waals surface area contributed by atoms with Gasteiger partial charge in [-0.1, -0.05) is 18.2 Å². The first kappa shape index (κ1) is 25.7. The summed E-state index contributed by atoms with van der Waals surface area (Å²) >= 11 is 0. The molecule has 0 radical (unpaired) electrons. The average molecular weight is 489 g/mol. The zero-order chi connectivity index (χ0) is 24.3. The molecule has 0 aliphatic rings. The Bertz CT molecular complexity index is 1030. The zero-order valence-corrected chi connectivity index (χ0v) is 17.2. The van der Waals surface area contributed by atoms with Gasteiger partial charge < -0.3 is 14.7 Å². The maximum Gasteiger partial charge on any atom is 0.461 e. The molecule has 0 aromatic heterocycles. The van der Waals surface area contributed by atoms with E-state index in [0.29, 0.717) is 0 Å². The van der Waals surface area contributed by atoms with E-state index in [4.69, 9.17) is 0 Å². The molecule has 0 saturated heterocycles. The molecule has 0 aliphatic heterocycles. The Morgan fingerprint density at radius 2 is 1.66 bits per heavy atom. The van der Waals surface area contributed by atoms with E-state index in [9.17, 15) is 44.3 Å². The van der Waals surface area contributed by atoms with Crippen molar-refractivity contribution in [1.29, 1.82) is 0 Å². The highest BCUT2D eigenvalue weighted by molar-refractivity contribution is 7.90. The van der Waals surface area contributed by atoms with E-state index in [1.54, 1.807) is 0 Å². The number of benzene rings is 2. The van der Waals surface area contributed by atoms with Gasteiger partial charge in [0.25, 0.3) is 0 Å². The molecule has 1 unspecified atom stereocenters. The number of ether oxygens (including phenoxy) is 1. The zero-order valence-electron chi connectivity index (χ0n) is 16.4. The van der Waals surface area contributed by atoms with Crippen LogP contribution in [-0.2, 0) is 16.4 Å². The summed E-state index contributed by atoms with van der Waals surface area (Å²) in [4.78, 5) is 0.771. The number of sulfone groups is 1. The van der Waals surface area contributed by atoms with Crippen molar-refractivity contribution in [2.45, 2.75) is 36.3 Å². The number of anilines is 1. The SMILES string of the molecule is CS(=O)(=O)c1cccc(N(Cc2cccc(OC(F)(F)C(F)F)c2)CC(O)C(F)(F)F)c1. The molecule has 0 aliphatic carbocycles. The number of alkyl halides is 7. The fourth-order valence-electron chi connectivity index (χ4n) is 2.61. The third kappa shape index (κ3) is 6.99. The van der Waals surface area contributed by atoms with Gasteiger partial charge in [-0.2, -0.15) is 30.7 Å². The fourth-order valence-corrected chi connectivity index (χ4v) is 3.27. The first-order chi connectivity index (χ1) is 14.6. The molecule has 2 aromatic rings. The second-order valence-electron chi connectivity index (χ2n) is 6.82. The van der Waals surface area contributed by atoms with Crippen LogP contribution in [0.3, 0.4) is 0 Å². The van der Waals surface area contributed by atoms with E-state index in [1.807, 2.05) is 0 Å². The van der Waals surface area contributed by atoms with Crippen molar-refractivity contribution in [2.75, 3.05) is 17.7 Å². The van der Waals surface area contributed by atoms with Crippen LogP contribution < -0.4 is 9.64 Å². The minimum Gasteiger partial charge on any atom is -0.428 e. The third-order valence-electron chi connectivity index (χ3n) is 4.16. The summed E-state index contributed by atoms with van der Waals surface area (Å²) in [6.45, 7) is -1.44. The lowest BCUT2D eigenvalue weighted by Crippen LogP contribution is -2.41. The summed E-state index contributed by atoms with van der Waals surface area (Å²) in [5.41, 5.74) is 0.0622. The van der Waals surface area contributed by atoms with Crippen molar-refractivity contribution < 1.29 is 49.0 Å². The lowest BCUT2D eigenvalue weighted by molar-refractivity contribution is -0.253. The molecule has 2 aromatic carbocycles. The molecule has 5 nitrogen and oxygen atoms in total. The standard InChI is InChI=1S/C19H18F7NO4S/c1-32(29,30)15-7-3-5-13(9-15)27(11-16(28)18(22,23)24)10-12-4-2-6-14(8-12)31-19(25,26)17(20)21/h2-9,16-17,28H,10-11H2,1H3. The Kier molecular flexibility index (Phi) is 7.66. The summed E-state index contributed by atoms with van der Waals surface area (Å²) < 4.78 is 117. The molecule has 0 amide bonds. The topological polar surface area (TPSA) is 66.8 Å². The Morgan fingerprint density at radius 3 is 2.22 bits per heavy atom. The van der Waals surface area contributed by atoms with E-state index in [1.165, 1.54) is 24.3 Å². The highest BCUT2D eigenvalue weighted by Gasteiger charge is 2.44. The van der Waals surface area contributed by atoms with Crippen molar-refractivity contribution in [3.63, 3.8) is 0 Å². The second-order valence-corrected chi connectivity index (χ2v) is 8.84. The van der Waals surface area contributed by atoms with E-state index < -0.39 is 53.5 Å². The first-order valence-electron chi connectivity index (χ1n) is 8.83. The van der Waals surface area contributed by atoms with Crippen molar-refractivity contribution in [2.24, 2.45) is 0 Å². The van der Waals surface area contributed by atoms with Gasteiger partial charge in [-0.3, -0.25) is 0 Å². The summed E-state index contributed by atoms with van der Waals surface area (Å²) in [5, 5.41) is 9.50. The monoisotopic (exact) mass is 489 g/mol. The van der Waals surface area contributed by atoms with Crippen LogP contribution in [0.5, 0.6) is 5.75 Å². The predicted molar refractivity (Wildman–Crippen MR) is 101 cm³/mol. The minimum absolute atomic E-state index is 0.0135. The first-order valence-corrected chi connectivity index (χ1v) is 10.7. The van der Waals surface area contributed by atoms with Crippen molar-refractivity contribution in [1.82, 2.24) is 0 Å². The maximum atomic E-state index is 13.2. The number of aliphatic hydroxyl groups is 1. The lowest BCUT2D eigenvalue weighted by atomic mass is 10.1. The summed E-state index contributed by atoms with van der Waals surface area (Å²) in [6, 6.07) is 9.23. The van der Waals surface area contributed by atoms with Crippen LogP contribution >= 0.6 is 0 Å². The number of hydrogen-bond donors (Lipinski definition) is 1. The minimum atomic E-state index is -4.99. The molecule has 0 bridgehead atoms. The van der Waals surface area contributed by atoms with Crippen LogP contribution in [0.4, 0.5) is 36.4 Å². The number of aliphatic hydroxyl groups excluding tert-OH is 1. The normalized spacial score (nSPS) is 13.8. The highest BCUT2D eigenvalue weighted by atomic mass is 32.2. The van der Waals surface area contributed by atoms with E-state index >= 15 is 0 Å². The van der Waals surface area contributed by atoms with Crippen LogP contribution in [0.25, 0.3) is 0 Å². The number of nitrogens with zero attached hydrogens (tertiary/aromatic N) is 1. The Hall–Kier alpha value is -2.54. The molecule has 0 spiro atoms. The van der Waals surface area contributed by atoms with Crippen LogP contribution in [-0.4, -0.2) is 51.1 Å². The molecule has 32 heavy (non-hydrogen) atoms. The molecule has 13 heteroatoms. The van der Waals surface area contributed by atoms with E-state index in [2.05, 4.69) is 4.74 Å². The van der Waals surface area contributed by atoms with Gasteiger partial charge in [0.2, 0.25) is 0 Å². The van der Waals surface area contributed by atoms with Crippen LogP contribution in [0.2, 0.25) is 0 Å². The molecule has 178 valence electrons. The third-order valence-corrected chi connectivity index (χ3v) is 5.27. The van der Waals surface area contributed by atoms with Crippen LogP contribution in [0, 0.1) is 0 Å². The van der Waals surface area contributed by atoms with E-state index in [-0.39, 0.29) is 16.1 Å². The van der Waals surface area contributed by atoms with Crippen molar-refractivity contribution in [3.8, 4) is 5.75 Å². The number of halogens is 7. The molecular weight excluding hydrogens is 471 g/mol. The Labute approximate surface area is 178 Å². The quantitative estimate of drug-likeness (QED) is 0.534. The predicted octanol–water partition coefficient (Wildman–Crippen LogP) is 4.26. The Morgan fingerprint density at radius 1 is 1.03 bits per heavy atom. The largest absolute Gasteiger partial charge is 0.461 e. The number of rotatable bonds is 9. The second kappa shape index (κ2) is 9.53. The van der Waals surface area contributed by atoms with Gasteiger partial charge >= 0.3 is 18.7 Å². The smallest absolute Gasteiger partial charge is 0.428 e. The van der Waals surface area contributed by atoms with Gasteiger partial charge in [-0.25, -0.2) is 8.42 Å². The summed E-state index contributed by atoms with van der Waals surface area (Å²) in [6.07, 6.45) is -15.8. The molecule has 1 N–H and O–H groups in total. The van der Waals surface area contributed by atoms with Gasteiger partial charge in [0.1, 0.15) is 5.75 Å². The highest BCUT2D eigenvalue weighted by Crippen LogP contribution is 2.30. The van der Waals surface area contributed by atoms with Gasteiger partial charge in [0.15, 0.2) is 15.9 Å². The lowest BCUT2D eigenvalue weighted by Gasteiger charge is -2.29. The average Bonchev–Trinajstić information content (AvgIpc) is 2.66. The molecule has 0 heterocycles. The van der Waals surface area contributed by atoms with Gasteiger partial charge in [0.05, 0.1) is 11.4 Å². The molecular formula is C19H18F7NO4S. The molecule has 1 atom stereocenters. The van der Waals surface area contributed by atoms with Gasteiger partial charge in [-0.05, 0) is 35.9 Å². The molecule has 0 fully saturated rings. The molecule has 0 saturated carbocycles. The molecule has 2 rings (SSSR count). The van der Waals surface area contributed by atoms with Gasteiger partial charge in [-0.15, -0.1) is 0 Å². The number of hydrogen-bond acceptors (Lipinski definition) is 5. The van der Waals surface area contributed by atoms with Crippen LogP contribution in [0.1, 0.15) is 5.56 Å². The van der Waals surface area contributed by atoms with Gasteiger partial charge in [0, 0.05) is 18.5 Å². The van der Waals surface area contributed by atoms with Crippen molar-refractivity contribution in [3.05, 3.63) is 54.1 Å². The van der Waals surface area contributed by atoms with Crippen molar-refractivity contribution >= 4 is 15.5 Å². The van der Waals surface area contributed by atoms with E-state index in [0.717, 1.165) is 35.4 Å². The Balaban J connectivity index is 2.39. The summed E-state index contributed by atoms with van der Waals surface area (Å²) in [5.74, 6) is -0.658. The fraction of sp³-hybridized carbons (Fsp3) is 0.368.